The molecule has 1 saturated heterocycles. The van der Waals surface area contributed by atoms with Crippen molar-refractivity contribution >= 4 is 12.0 Å². The fourth-order valence-electron chi connectivity index (χ4n) is 1.74. The van der Waals surface area contributed by atoms with Crippen molar-refractivity contribution in [3.05, 3.63) is 23.8 Å². The number of aliphatic imine (C=N–C) groups is 1. The molecule has 0 unspecified atom stereocenters. The minimum Gasteiger partial charge on any atom is -0.497 e. The molecule has 2 rings (SSSR count). The molecule has 1 heterocycles. The number of rotatable bonds is 3. The van der Waals surface area contributed by atoms with Crippen molar-refractivity contribution in [2.24, 2.45) is 4.99 Å². The van der Waals surface area contributed by atoms with Crippen LogP contribution in [0, 0.1) is 6.92 Å². The number of nitrogens with zero attached hydrogens (tertiary/aromatic N) is 2. The molecule has 1 aromatic rings. The molecule has 0 saturated carbocycles. The second-order valence-corrected chi connectivity index (χ2v) is 4.05. The van der Waals surface area contributed by atoms with Crippen LogP contribution in [0.4, 0.5) is 5.69 Å². The molecule has 1 aliphatic heterocycles. The largest absolute Gasteiger partial charge is 0.497 e. The summed E-state index contributed by atoms with van der Waals surface area (Å²) in [5.41, 5.74) is 2.10. The molecule has 0 spiro atoms. The van der Waals surface area contributed by atoms with Gasteiger partial charge in [0.15, 0.2) is 0 Å². The Balaban J connectivity index is 2.04. The highest BCUT2D eigenvalue weighted by molar-refractivity contribution is 5.63. The molecule has 92 valence electrons. The van der Waals surface area contributed by atoms with Gasteiger partial charge in [0.1, 0.15) is 5.75 Å². The summed E-state index contributed by atoms with van der Waals surface area (Å²) in [5.74, 6) is 0.868. The van der Waals surface area contributed by atoms with E-state index in [0.29, 0.717) is 0 Å². The first-order valence-corrected chi connectivity index (χ1v) is 5.80. The van der Waals surface area contributed by atoms with Crippen LogP contribution in [0.15, 0.2) is 23.2 Å². The van der Waals surface area contributed by atoms with Crippen LogP contribution in [0.3, 0.4) is 0 Å². The van der Waals surface area contributed by atoms with E-state index in [0.717, 1.165) is 43.3 Å². The minimum atomic E-state index is 0.785. The zero-order valence-electron chi connectivity index (χ0n) is 10.3. The maximum atomic E-state index is 5.29. The first-order chi connectivity index (χ1) is 8.29. The highest BCUT2D eigenvalue weighted by Gasteiger charge is 2.06. The van der Waals surface area contributed by atoms with E-state index >= 15 is 0 Å². The number of morpholine rings is 1. The van der Waals surface area contributed by atoms with Crippen LogP contribution in [0.2, 0.25) is 0 Å². The summed E-state index contributed by atoms with van der Waals surface area (Å²) in [6, 6.07) is 5.90. The first kappa shape index (κ1) is 11.9. The van der Waals surface area contributed by atoms with Gasteiger partial charge in [-0.25, -0.2) is 4.99 Å². The Morgan fingerprint density at radius 2 is 2.12 bits per heavy atom. The van der Waals surface area contributed by atoms with E-state index in [9.17, 15) is 0 Å². The molecule has 17 heavy (non-hydrogen) atoms. The lowest BCUT2D eigenvalue weighted by Crippen LogP contribution is -2.35. The van der Waals surface area contributed by atoms with Crippen LogP contribution in [0.25, 0.3) is 0 Å². The molecule has 0 aliphatic carbocycles. The summed E-state index contributed by atoms with van der Waals surface area (Å²) in [7, 11) is 1.67. The third-order valence-corrected chi connectivity index (χ3v) is 2.81. The van der Waals surface area contributed by atoms with Crippen LogP contribution < -0.4 is 4.74 Å². The quantitative estimate of drug-likeness (QED) is 0.592. The zero-order valence-corrected chi connectivity index (χ0v) is 10.3. The molecular weight excluding hydrogens is 216 g/mol. The second-order valence-electron chi connectivity index (χ2n) is 4.05. The monoisotopic (exact) mass is 234 g/mol. The van der Waals surface area contributed by atoms with Gasteiger partial charge in [-0.05, 0) is 30.7 Å². The Hall–Kier alpha value is -1.55. The highest BCUT2D eigenvalue weighted by Crippen LogP contribution is 2.23. The van der Waals surface area contributed by atoms with Crippen molar-refractivity contribution in [2.75, 3.05) is 33.4 Å². The molecule has 1 aliphatic rings. The zero-order chi connectivity index (χ0) is 12.1. The Morgan fingerprint density at radius 1 is 1.35 bits per heavy atom. The summed E-state index contributed by atoms with van der Waals surface area (Å²) in [5, 5.41) is 0. The molecule has 0 amide bonds. The van der Waals surface area contributed by atoms with Crippen LogP contribution in [0.1, 0.15) is 5.56 Å². The summed E-state index contributed by atoms with van der Waals surface area (Å²) >= 11 is 0. The van der Waals surface area contributed by atoms with Gasteiger partial charge in [-0.2, -0.15) is 0 Å². The number of hydrogen-bond acceptors (Lipinski definition) is 3. The molecule has 0 atom stereocenters. The van der Waals surface area contributed by atoms with Crippen LogP contribution in [0.5, 0.6) is 5.75 Å². The molecule has 0 N–H and O–H groups in total. The Labute approximate surface area is 102 Å². The standard InChI is InChI=1S/C13H18N2O2/c1-11-9-12(16-2)3-4-13(11)14-10-15-5-7-17-8-6-15/h3-4,9-10H,5-8H2,1-2H3. The molecule has 0 bridgehead atoms. The van der Waals surface area contributed by atoms with Gasteiger partial charge in [0.25, 0.3) is 0 Å². The van der Waals surface area contributed by atoms with E-state index in [1.165, 1.54) is 0 Å². The molecular formula is C13H18N2O2. The van der Waals surface area contributed by atoms with Gasteiger partial charge in [-0.3, -0.25) is 0 Å². The van der Waals surface area contributed by atoms with Gasteiger partial charge in [0.05, 0.1) is 32.3 Å². The first-order valence-electron chi connectivity index (χ1n) is 5.80. The average molecular weight is 234 g/mol. The van der Waals surface area contributed by atoms with Gasteiger partial charge >= 0.3 is 0 Å². The summed E-state index contributed by atoms with van der Waals surface area (Å²) in [6.07, 6.45) is 1.90. The topological polar surface area (TPSA) is 34.1 Å². The fraction of sp³-hybridized carbons (Fsp3) is 0.462. The maximum Gasteiger partial charge on any atom is 0.119 e. The van der Waals surface area contributed by atoms with Gasteiger partial charge in [-0.15, -0.1) is 0 Å². The van der Waals surface area contributed by atoms with E-state index in [4.69, 9.17) is 9.47 Å². The summed E-state index contributed by atoms with van der Waals surface area (Å²) in [6.45, 7) is 5.44. The third-order valence-electron chi connectivity index (χ3n) is 2.81. The van der Waals surface area contributed by atoms with Crippen molar-refractivity contribution in [3.63, 3.8) is 0 Å². The lowest BCUT2D eigenvalue weighted by atomic mass is 10.2. The minimum absolute atomic E-state index is 0.785. The van der Waals surface area contributed by atoms with Gasteiger partial charge < -0.3 is 14.4 Å². The van der Waals surface area contributed by atoms with Gasteiger partial charge in [-0.1, -0.05) is 0 Å². The van der Waals surface area contributed by atoms with Gasteiger partial charge in [0.2, 0.25) is 0 Å². The van der Waals surface area contributed by atoms with Crippen LogP contribution in [-0.2, 0) is 4.74 Å². The number of aryl methyl sites for hydroxylation is 1. The third kappa shape index (κ3) is 3.20. The Bertz CT molecular complexity index is 398. The predicted octanol–water partition coefficient (Wildman–Crippen LogP) is 2.00. The lowest BCUT2D eigenvalue weighted by molar-refractivity contribution is 0.0701. The van der Waals surface area contributed by atoms with Crippen molar-refractivity contribution < 1.29 is 9.47 Å². The number of hydrogen-bond donors (Lipinski definition) is 0. The van der Waals surface area contributed by atoms with Crippen molar-refractivity contribution in [1.29, 1.82) is 0 Å². The molecule has 1 aromatic carbocycles. The van der Waals surface area contributed by atoms with Crippen molar-refractivity contribution in [2.45, 2.75) is 6.92 Å². The van der Waals surface area contributed by atoms with E-state index in [1.807, 2.05) is 31.5 Å². The highest BCUT2D eigenvalue weighted by atomic mass is 16.5. The lowest BCUT2D eigenvalue weighted by Gasteiger charge is -2.24. The SMILES string of the molecule is COc1ccc(N=CN2CCOCC2)c(C)c1. The predicted molar refractivity (Wildman–Crippen MR) is 68.3 cm³/mol. The molecule has 0 aromatic heterocycles. The Kier molecular flexibility index (Phi) is 3.98. The van der Waals surface area contributed by atoms with E-state index in [-0.39, 0.29) is 0 Å². The number of ether oxygens (including phenoxy) is 2. The fourth-order valence-corrected chi connectivity index (χ4v) is 1.74. The average Bonchev–Trinajstić information content (AvgIpc) is 2.38. The Morgan fingerprint density at radius 3 is 2.76 bits per heavy atom. The number of benzene rings is 1. The van der Waals surface area contributed by atoms with Gasteiger partial charge in [0, 0.05) is 13.1 Å². The number of methoxy groups -OCH3 is 1. The summed E-state index contributed by atoms with van der Waals surface area (Å²) in [4.78, 5) is 6.67. The normalized spacial score (nSPS) is 16.5. The second kappa shape index (κ2) is 5.68. The van der Waals surface area contributed by atoms with E-state index in [2.05, 4.69) is 9.89 Å². The van der Waals surface area contributed by atoms with E-state index in [1.54, 1.807) is 7.11 Å². The maximum absolute atomic E-state index is 5.29. The molecule has 1 fully saturated rings. The molecule has 4 nitrogen and oxygen atoms in total. The molecule has 0 radical (unpaired) electrons. The smallest absolute Gasteiger partial charge is 0.119 e. The van der Waals surface area contributed by atoms with Crippen LogP contribution in [-0.4, -0.2) is 44.7 Å². The van der Waals surface area contributed by atoms with Crippen LogP contribution >= 0.6 is 0 Å². The van der Waals surface area contributed by atoms with Crippen molar-refractivity contribution in [3.8, 4) is 5.75 Å². The summed E-state index contributed by atoms with van der Waals surface area (Å²) < 4.78 is 10.5. The van der Waals surface area contributed by atoms with E-state index < -0.39 is 0 Å². The molecule has 4 heteroatoms. The van der Waals surface area contributed by atoms with Crippen molar-refractivity contribution in [1.82, 2.24) is 4.90 Å².